The summed E-state index contributed by atoms with van der Waals surface area (Å²) in [5.74, 6) is -1.49. The molecule has 1 fully saturated rings. The third-order valence-electron chi connectivity index (χ3n) is 4.78. The van der Waals surface area contributed by atoms with Gasteiger partial charge in [-0.2, -0.15) is 0 Å². The van der Waals surface area contributed by atoms with E-state index in [2.05, 4.69) is 5.32 Å². The minimum absolute atomic E-state index is 0.0394. The minimum atomic E-state index is -0.999. The maximum Gasteiger partial charge on any atom is 0.308 e. The molecule has 1 aromatic heterocycles. The van der Waals surface area contributed by atoms with E-state index in [1.165, 1.54) is 29.7 Å². The van der Waals surface area contributed by atoms with E-state index in [-0.39, 0.29) is 18.0 Å². The van der Waals surface area contributed by atoms with Crippen LogP contribution in [0.3, 0.4) is 0 Å². The summed E-state index contributed by atoms with van der Waals surface area (Å²) in [6.07, 6.45) is 5.39. The fourth-order valence-corrected chi connectivity index (χ4v) is 3.14. The van der Waals surface area contributed by atoms with E-state index in [1.807, 2.05) is 0 Å². The number of carboxylic acid groups (broad SMARTS) is 1. The molecule has 0 spiro atoms. The number of piperidine rings is 1. The second-order valence-corrected chi connectivity index (χ2v) is 6.76. The van der Waals surface area contributed by atoms with Crippen LogP contribution in [0.1, 0.15) is 38.7 Å². The number of hydrogen-bond acceptors (Lipinski definition) is 4. The Morgan fingerprint density at radius 2 is 2.08 bits per heavy atom. The average molecular weight is 349 g/mol. The standard InChI is InChI=1S/C18H27N3O4/c1-13(18(24)25)12-21(14(2)22)20-11-3-4-16(17(20)23)6-5-15-7-9-19-10-8-15/h3-4,11,13,15,19H,5-10,12H2,1-2H3,(H,24,25)/t13-/m1/s1. The van der Waals surface area contributed by atoms with Crippen LogP contribution in [0.2, 0.25) is 0 Å². The van der Waals surface area contributed by atoms with Gasteiger partial charge in [0.15, 0.2) is 0 Å². The number of aliphatic carboxylic acids is 1. The van der Waals surface area contributed by atoms with E-state index < -0.39 is 11.9 Å². The van der Waals surface area contributed by atoms with Gasteiger partial charge in [0.1, 0.15) is 0 Å². The zero-order valence-corrected chi connectivity index (χ0v) is 14.9. The monoisotopic (exact) mass is 349 g/mol. The number of carbonyl (C=O) groups is 2. The maximum atomic E-state index is 12.7. The van der Waals surface area contributed by atoms with Crippen LogP contribution in [-0.2, 0) is 16.0 Å². The summed E-state index contributed by atoms with van der Waals surface area (Å²) in [5.41, 5.74) is 0.416. The molecule has 25 heavy (non-hydrogen) atoms. The Labute approximate surface area is 147 Å². The highest BCUT2D eigenvalue weighted by atomic mass is 16.4. The summed E-state index contributed by atoms with van der Waals surface area (Å²) in [5, 5.41) is 13.6. The van der Waals surface area contributed by atoms with Gasteiger partial charge in [0, 0.05) is 18.7 Å². The van der Waals surface area contributed by atoms with Crippen molar-refractivity contribution in [1.29, 1.82) is 0 Å². The molecule has 2 N–H and O–H groups in total. The molecule has 0 saturated carbocycles. The number of nitrogens with zero attached hydrogens (tertiary/aromatic N) is 2. The topological polar surface area (TPSA) is 91.6 Å². The van der Waals surface area contributed by atoms with Crippen molar-refractivity contribution in [2.75, 3.05) is 24.6 Å². The Morgan fingerprint density at radius 3 is 2.68 bits per heavy atom. The van der Waals surface area contributed by atoms with Crippen LogP contribution in [0.5, 0.6) is 0 Å². The summed E-state index contributed by atoms with van der Waals surface area (Å²) in [6, 6.07) is 3.53. The first-order valence-electron chi connectivity index (χ1n) is 8.82. The second-order valence-electron chi connectivity index (χ2n) is 6.76. The first kappa shape index (κ1) is 19.2. The van der Waals surface area contributed by atoms with E-state index in [1.54, 1.807) is 12.1 Å². The third-order valence-corrected chi connectivity index (χ3v) is 4.78. The van der Waals surface area contributed by atoms with Crippen molar-refractivity contribution >= 4 is 11.9 Å². The van der Waals surface area contributed by atoms with Gasteiger partial charge in [-0.15, -0.1) is 0 Å². The molecule has 2 heterocycles. The summed E-state index contributed by atoms with van der Waals surface area (Å²) in [7, 11) is 0. The molecule has 0 bridgehead atoms. The zero-order chi connectivity index (χ0) is 18.4. The van der Waals surface area contributed by atoms with Gasteiger partial charge in [-0.1, -0.05) is 13.0 Å². The highest BCUT2D eigenvalue weighted by molar-refractivity contribution is 5.84. The Bertz CT molecular complexity index is 665. The van der Waals surface area contributed by atoms with Crippen LogP contribution >= 0.6 is 0 Å². The number of pyridine rings is 1. The van der Waals surface area contributed by atoms with Crippen molar-refractivity contribution in [3.63, 3.8) is 0 Å². The van der Waals surface area contributed by atoms with Gasteiger partial charge in [-0.05, 0) is 50.8 Å². The summed E-state index contributed by atoms with van der Waals surface area (Å²) in [6.45, 7) is 4.86. The summed E-state index contributed by atoms with van der Waals surface area (Å²) >= 11 is 0. The van der Waals surface area contributed by atoms with Crippen LogP contribution in [0.25, 0.3) is 0 Å². The fourth-order valence-electron chi connectivity index (χ4n) is 3.14. The van der Waals surface area contributed by atoms with E-state index in [9.17, 15) is 14.4 Å². The van der Waals surface area contributed by atoms with Crippen molar-refractivity contribution in [1.82, 2.24) is 9.99 Å². The molecule has 0 aliphatic carbocycles. The molecule has 7 heteroatoms. The number of amides is 1. The summed E-state index contributed by atoms with van der Waals surface area (Å²) < 4.78 is 1.25. The molecule has 1 aromatic rings. The van der Waals surface area contributed by atoms with Crippen molar-refractivity contribution in [2.45, 2.75) is 39.5 Å². The minimum Gasteiger partial charge on any atom is -0.481 e. The second kappa shape index (κ2) is 8.80. The molecule has 138 valence electrons. The number of hydrogen-bond donors (Lipinski definition) is 2. The first-order valence-corrected chi connectivity index (χ1v) is 8.82. The van der Waals surface area contributed by atoms with Gasteiger partial charge in [-0.25, -0.2) is 9.69 Å². The van der Waals surface area contributed by atoms with Gasteiger partial charge >= 0.3 is 5.97 Å². The molecule has 0 radical (unpaired) electrons. The van der Waals surface area contributed by atoms with Crippen molar-refractivity contribution in [3.05, 3.63) is 34.2 Å². The molecule has 0 unspecified atom stereocenters. The molecule has 2 rings (SSSR count). The lowest BCUT2D eigenvalue weighted by Crippen LogP contribution is -2.48. The lowest BCUT2D eigenvalue weighted by atomic mass is 9.92. The SMILES string of the molecule is CC(=O)N(C[C@@H](C)C(=O)O)n1cccc(CCC2CCNCC2)c1=O. The van der Waals surface area contributed by atoms with Crippen LogP contribution in [0.4, 0.5) is 0 Å². The van der Waals surface area contributed by atoms with Crippen LogP contribution in [0, 0.1) is 11.8 Å². The molecule has 1 aliphatic heterocycles. The number of aryl methyl sites for hydroxylation is 1. The number of carbonyl (C=O) groups excluding carboxylic acids is 1. The van der Waals surface area contributed by atoms with Crippen LogP contribution < -0.4 is 15.9 Å². The van der Waals surface area contributed by atoms with Crippen molar-refractivity contribution in [3.8, 4) is 0 Å². The van der Waals surface area contributed by atoms with E-state index in [4.69, 9.17) is 5.11 Å². The highest BCUT2D eigenvalue weighted by Gasteiger charge is 2.21. The molecule has 1 saturated heterocycles. The number of nitrogens with one attached hydrogen (secondary N) is 1. The predicted octanol–water partition coefficient (Wildman–Crippen LogP) is 0.986. The van der Waals surface area contributed by atoms with Gasteiger partial charge in [0.05, 0.1) is 12.5 Å². The molecular weight excluding hydrogens is 322 g/mol. The molecule has 0 aromatic carbocycles. The Balaban J connectivity index is 2.15. The Kier molecular flexibility index (Phi) is 6.75. The van der Waals surface area contributed by atoms with Crippen LogP contribution in [-0.4, -0.2) is 41.3 Å². The fraction of sp³-hybridized carbons (Fsp3) is 0.611. The molecule has 1 aliphatic rings. The lowest BCUT2D eigenvalue weighted by molar-refractivity contribution is -0.140. The number of carboxylic acids is 1. The number of rotatable bonds is 7. The third kappa shape index (κ3) is 5.16. The zero-order valence-electron chi connectivity index (χ0n) is 14.9. The van der Waals surface area contributed by atoms with E-state index in [0.29, 0.717) is 17.9 Å². The van der Waals surface area contributed by atoms with Crippen molar-refractivity contribution in [2.24, 2.45) is 11.8 Å². The van der Waals surface area contributed by atoms with Gasteiger partial charge in [-0.3, -0.25) is 14.4 Å². The van der Waals surface area contributed by atoms with Gasteiger partial charge in [0.25, 0.3) is 5.56 Å². The molecule has 1 amide bonds. The average Bonchev–Trinajstić information content (AvgIpc) is 2.59. The first-order chi connectivity index (χ1) is 11.9. The largest absolute Gasteiger partial charge is 0.481 e. The van der Waals surface area contributed by atoms with Crippen LogP contribution in [0.15, 0.2) is 23.1 Å². The summed E-state index contributed by atoms with van der Waals surface area (Å²) in [4.78, 5) is 35.8. The predicted molar refractivity (Wildman–Crippen MR) is 95.2 cm³/mol. The van der Waals surface area contributed by atoms with E-state index >= 15 is 0 Å². The smallest absolute Gasteiger partial charge is 0.308 e. The molecule has 7 nitrogen and oxygen atoms in total. The number of aromatic nitrogens is 1. The lowest BCUT2D eigenvalue weighted by Gasteiger charge is -2.25. The molecule has 1 atom stereocenters. The quantitative estimate of drug-likeness (QED) is 0.766. The Hall–Kier alpha value is -2.15. The molecular formula is C18H27N3O4. The highest BCUT2D eigenvalue weighted by Crippen LogP contribution is 2.17. The maximum absolute atomic E-state index is 12.7. The van der Waals surface area contributed by atoms with Gasteiger partial charge < -0.3 is 10.4 Å². The Morgan fingerprint density at radius 1 is 1.40 bits per heavy atom. The van der Waals surface area contributed by atoms with E-state index in [0.717, 1.165) is 32.4 Å². The van der Waals surface area contributed by atoms with Crippen molar-refractivity contribution < 1.29 is 14.7 Å². The normalized spacial score (nSPS) is 16.4. The van der Waals surface area contributed by atoms with Gasteiger partial charge in [0.2, 0.25) is 5.91 Å².